The van der Waals surface area contributed by atoms with Crippen LogP contribution in [0.4, 0.5) is 0 Å². The number of fused-ring (bicyclic) bond motifs is 1. The number of carboxylic acids is 1. The van der Waals surface area contributed by atoms with E-state index in [1.807, 2.05) is 18.2 Å². The normalized spacial score (nSPS) is 22.0. The van der Waals surface area contributed by atoms with Crippen LogP contribution in [0, 0.1) is 0 Å². The molecule has 5 heteroatoms. The van der Waals surface area contributed by atoms with Crippen molar-refractivity contribution in [2.24, 2.45) is 0 Å². The summed E-state index contributed by atoms with van der Waals surface area (Å²) in [5.41, 5.74) is 1.34. The second-order valence-corrected chi connectivity index (χ2v) is 5.46. The Bertz CT molecular complexity index is 649. The lowest BCUT2D eigenvalue weighted by molar-refractivity contribution is 0.0663. The molecule has 1 heterocycles. The fourth-order valence-corrected chi connectivity index (χ4v) is 3.03. The Labute approximate surface area is 122 Å². The van der Waals surface area contributed by atoms with E-state index >= 15 is 0 Å². The minimum Gasteiger partial charge on any atom is -0.475 e. The fraction of sp³-hybridized carbons (Fsp3) is 0.438. The predicted molar refractivity (Wildman–Crippen MR) is 78.4 cm³/mol. The maximum absolute atomic E-state index is 11.3. The fourth-order valence-electron chi connectivity index (χ4n) is 3.03. The molecule has 3 rings (SSSR count). The number of nitrogens with one attached hydrogen (secondary N) is 1. The number of methoxy groups -OCH3 is 1. The van der Waals surface area contributed by atoms with Gasteiger partial charge in [0.05, 0.1) is 6.10 Å². The van der Waals surface area contributed by atoms with Crippen LogP contribution in [-0.4, -0.2) is 30.3 Å². The van der Waals surface area contributed by atoms with Gasteiger partial charge >= 0.3 is 5.97 Å². The van der Waals surface area contributed by atoms with Crippen LogP contribution < -0.4 is 5.32 Å². The first-order valence-electron chi connectivity index (χ1n) is 7.19. The predicted octanol–water partition coefficient (Wildman–Crippen LogP) is 2.79. The van der Waals surface area contributed by atoms with Gasteiger partial charge in [-0.3, -0.25) is 0 Å². The number of aromatic carboxylic acids is 1. The van der Waals surface area contributed by atoms with E-state index in [1.54, 1.807) is 13.2 Å². The Balaban J connectivity index is 1.79. The SMILES string of the molecule is COC1CCC(NCc2c(C(=O)O)oc3ccccc23)C1. The molecule has 21 heavy (non-hydrogen) atoms. The van der Waals surface area contributed by atoms with Gasteiger partial charge in [-0.15, -0.1) is 0 Å². The monoisotopic (exact) mass is 289 g/mol. The Hall–Kier alpha value is -1.85. The van der Waals surface area contributed by atoms with Crippen LogP contribution in [-0.2, 0) is 11.3 Å². The first-order chi connectivity index (χ1) is 10.2. The zero-order valence-electron chi connectivity index (χ0n) is 12.0. The minimum absolute atomic E-state index is 0.0324. The van der Waals surface area contributed by atoms with E-state index in [4.69, 9.17) is 9.15 Å². The molecule has 1 aliphatic rings. The standard InChI is InChI=1S/C16H19NO4/c1-20-11-7-6-10(8-11)17-9-13-12-4-2-3-5-14(12)21-15(13)16(18)19/h2-5,10-11,17H,6-9H2,1H3,(H,18,19). The van der Waals surface area contributed by atoms with E-state index in [1.165, 1.54) is 0 Å². The van der Waals surface area contributed by atoms with Crippen molar-refractivity contribution in [3.63, 3.8) is 0 Å². The summed E-state index contributed by atoms with van der Waals surface area (Å²) in [6.07, 6.45) is 3.37. The first kappa shape index (κ1) is 14.1. The number of carbonyl (C=O) groups is 1. The summed E-state index contributed by atoms with van der Waals surface area (Å²) in [5.74, 6) is -0.992. The molecule has 1 aromatic carbocycles. The molecule has 0 bridgehead atoms. The van der Waals surface area contributed by atoms with Crippen LogP contribution in [0.1, 0.15) is 35.4 Å². The number of benzene rings is 1. The third-order valence-corrected chi connectivity index (χ3v) is 4.18. The molecule has 2 aromatic rings. The van der Waals surface area contributed by atoms with E-state index in [2.05, 4.69) is 5.32 Å². The highest BCUT2D eigenvalue weighted by Crippen LogP contribution is 2.27. The van der Waals surface area contributed by atoms with Crippen molar-refractivity contribution >= 4 is 16.9 Å². The van der Waals surface area contributed by atoms with Crippen molar-refractivity contribution in [3.8, 4) is 0 Å². The minimum atomic E-state index is -1.02. The number of furan rings is 1. The molecular weight excluding hydrogens is 270 g/mol. The highest BCUT2D eigenvalue weighted by atomic mass is 16.5. The van der Waals surface area contributed by atoms with E-state index in [-0.39, 0.29) is 5.76 Å². The maximum atomic E-state index is 11.3. The van der Waals surface area contributed by atoms with Crippen LogP contribution in [0.2, 0.25) is 0 Å². The summed E-state index contributed by atoms with van der Waals surface area (Å²) in [6, 6.07) is 7.79. The van der Waals surface area contributed by atoms with Crippen LogP contribution >= 0.6 is 0 Å². The summed E-state index contributed by atoms with van der Waals surface area (Å²) in [5, 5.41) is 13.6. The Morgan fingerprint density at radius 3 is 2.95 bits per heavy atom. The van der Waals surface area contributed by atoms with Crippen LogP contribution in [0.15, 0.2) is 28.7 Å². The number of ether oxygens (including phenoxy) is 1. The first-order valence-corrected chi connectivity index (χ1v) is 7.19. The van der Waals surface area contributed by atoms with Crippen molar-refractivity contribution in [2.75, 3.05) is 7.11 Å². The molecule has 5 nitrogen and oxygen atoms in total. The summed E-state index contributed by atoms with van der Waals surface area (Å²) in [6.45, 7) is 0.500. The molecule has 112 valence electrons. The number of hydrogen-bond acceptors (Lipinski definition) is 4. The Morgan fingerprint density at radius 2 is 2.24 bits per heavy atom. The second-order valence-electron chi connectivity index (χ2n) is 5.46. The molecule has 0 spiro atoms. The van der Waals surface area contributed by atoms with Gasteiger partial charge in [0, 0.05) is 30.6 Å². The molecule has 2 unspecified atom stereocenters. The average Bonchev–Trinajstić information content (AvgIpc) is 3.09. The molecule has 0 saturated heterocycles. The molecule has 0 radical (unpaired) electrons. The zero-order chi connectivity index (χ0) is 14.8. The zero-order valence-corrected chi connectivity index (χ0v) is 12.0. The summed E-state index contributed by atoms with van der Waals surface area (Å²) in [4.78, 5) is 11.3. The van der Waals surface area contributed by atoms with Crippen LogP contribution in [0.5, 0.6) is 0 Å². The van der Waals surface area contributed by atoms with Gasteiger partial charge in [-0.25, -0.2) is 4.79 Å². The molecule has 1 saturated carbocycles. The van der Waals surface area contributed by atoms with Gasteiger partial charge in [0.1, 0.15) is 5.58 Å². The maximum Gasteiger partial charge on any atom is 0.372 e. The van der Waals surface area contributed by atoms with Gasteiger partial charge in [-0.2, -0.15) is 0 Å². The quantitative estimate of drug-likeness (QED) is 0.885. The summed E-state index contributed by atoms with van der Waals surface area (Å²) < 4.78 is 10.8. The van der Waals surface area contributed by atoms with E-state index in [0.717, 1.165) is 30.2 Å². The molecule has 1 aliphatic carbocycles. The van der Waals surface area contributed by atoms with Crippen molar-refractivity contribution in [2.45, 2.75) is 38.0 Å². The number of hydrogen-bond donors (Lipinski definition) is 2. The van der Waals surface area contributed by atoms with Crippen molar-refractivity contribution < 1.29 is 19.1 Å². The van der Waals surface area contributed by atoms with Gasteiger partial charge in [0.15, 0.2) is 0 Å². The summed E-state index contributed by atoms with van der Waals surface area (Å²) in [7, 11) is 1.74. The van der Waals surface area contributed by atoms with Crippen LogP contribution in [0.25, 0.3) is 11.0 Å². The van der Waals surface area contributed by atoms with E-state index < -0.39 is 5.97 Å². The summed E-state index contributed by atoms with van der Waals surface area (Å²) >= 11 is 0. The lowest BCUT2D eigenvalue weighted by Gasteiger charge is -2.12. The molecule has 2 N–H and O–H groups in total. The third kappa shape index (κ3) is 2.80. The van der Waals surface area contributed by atoms with Gasteiger partial charge in [0.2, 0.25) is 5.76 Å². The number of para-hydroxylation sites is 1. The third-order valence-electron chi connectivity index (χ3n) is 4.18. The van der Waals surface area contributed by atoms with Gasteiger partial charge in [0.25, 0.3) is 0 Å². The molecule has 0 aliphatic heterocycles. The Morgan fingerprint density at radius 1 is 1.43 bits per heavy atom. The van der Waals surface area contributed by atoms with E-state index in [0.29, 0.717) is 24.3 Å². The van der Waals surface area contributed by atoms with Gasteiger partial charge in [-0.1, -0.05) is 18.2 Å². The molecule has 1 fully saturated rings. The van der Waals surface area contributed by atoms with Gasteiger partial charge < -0.3 is 19.6 Å². The lowest BCUT2D eigenvalue weighted by Crippen LogP contribution is -2.27. The largest absolute Gasteiger partial charge is 0.475 e. The van der Waals surface area contributed by atoms with Crippen LogP contribution in [0.3, 0.4) is 0 Å². The van der Waals surface area contributed by atoms with Crippen molar-refractivity contribution in [3.05, 3.63) is 35.6 Å². The smallest absolute Gasteiger partial charge is 0.372 e. The van der Waals surface area contributed by atoms with E-state index in [9.17, 15) is 9.90 Å². The molecule has 2 atom stereocenters. The van der Waals surface area contributed by atoms with Gasteiger partial charge in [-0.05, 0) is 25.3 Å². The lowest BCUT2D eigenvalue weighted by atomic mass is 10.1. The van der Waals surface area contributed by atoms with Crippen molar-refractivity contribution in [1.82, 2.24) is 5.32 Å². The molecular formula is C16H19NO4. The average molecular weight is 289 g/mol. The highest BCUT2D eigenvalue weighted by molar-refractivity contribution is 5.95. The highest BCUT2D eigenvalue weighted by Gasteiger charge is 2.25. The Kier molecular flexibility index (Phi) is 3.94. The second kappa shape index (κ2) is 5.87. The molecule has 1 aromatic heterocycles. The molecule has 0 amide bonds. The topological polar surface area (TPSA) is 71.7 Å². The number of rotatable bonds is 5. The van der Waals surface area contributed by atoms with Crippen molar-refractivity contribution in [1.29, 1.82) is 0 Å². The number of carboxylic acid groups (broad SMARTS) is 1.